The van der Waals surface area contributed by atoms with Gasteiger partial charge in [0.1, 0.15) is 30.5 Å². The molecule has 0 radical (unpaired) electrons. The Morgan fingerprint density at radius 2 is 1.16 bits per heavy atom. The van der Waals surface area contributed by atoms with Gasteiger partial charge in [0, 0.05) is 13.0 Å². The second kappa shape index (κ2) is 32.8. The molecular formula is C40H76O9. The minimum absolute atomic E-state index is 0.111. The number of hydrogen-bond acceptors (Lipinski definition) is 9. The van der Waals surface area contributed by atoms with Crippen LogP contribution in [0.25, 0.3) is 0 Å². The highest BCUT2D eigenvalue weighted by molar-refractivity contribution is 5.69. The summed E-state index contributed by atoms with van der Waals surface area (Å²) in [5.41, 5.74) is 0. The Morgan fingerprint density at radius 3 is 1.73 bits per heavy atom. The SMILES string of the molecule is CCC/C=C\CCCCCCCCOCC(COC1OC(CO)C(O)C(O)C1O)OC(=O)CCCCCCCCCCCCCCCCC. The number of ether oxygens (including phenoxy) is 4. The van der Waals surface area contributed by atoms with Crippen LogP contribution in [-0.2, 0) is 23.7 Å². The van der Waals surface area contributed by atoms with Crippen LogP contribution in [0.3, 0.4) is 0 Å². The van der Waals surface area contributed by atoms with Crippen LogP contribution in [0, 0.1) is 0 Å². The van der Waals surface area contributed by atoms with E-state index in [9.17, 15) is 25.2 Å². The van der Waals surface area contributed by atoms with Gasteiger partial charge in [0.25, 0.3) is 0 Å². The Kier molecular flexibility index (Phi) is 30.8. The average Bonchev–Trinajstić information content (AvgIpc) is 3.10. The lowest BCUT2D eigenvalue weighted by Crippen LogP contribution is -2.59. The van der Waals surface area contributed by atoms with Crippen LogP contribution in [0.15, 0.2) is 12.2 Å². The summed E-state index contributed by atoms with van der Waals surface area (Å²) in [7, 11) is 0. The number of unbranched alkanes of at least 4 members (excludes halogenated alkanes) is 21. The monoisotopic (exact) mass is 701 g/mol. The molecule has 290 valence electrons. The van der Waals surface area contributed by atoms with E-state index in [-0.39, 0.29) is 19.2 Å². The highest BCUT2D eigenvalue weighted by Gasteiger charge is 2.44. The van der Waals surface area contributed by atoms with Crippen molar-refractivity contribution in [3.05, 3.63) is 12.2 Å². The maximum Gasteiger partial charge on any atom is 0.306 e. The molecule has 1 aliphatic rings. The first kappa shape index (κ1) is 46.0. The lowest BCUT2D eigenvalue weighted by Gasteiger charge is -2.39. The van der Waals surface area contributed by atoms with Gasteiger partial charge in [-0.1, -0.05) is 148 Å². The third kappa shape index (κ3) is 24.7. The lowest BCUT2D eigenvalue weighted by atomic mass is 9.99. The van der Waals surface area contributed by atoms with Crippen molar-refractivity contribution >= 4 is 5.97 Å². The first-order chi connectivity index (χ1) is 23.9. The Morgan fingerprint density at radius 1 is 0.633 bits per heavy atom. The molecule has 0 aliphatic carbocycles. The summed E-state index contributed by atoms with van der Waals surface area (Å²) in [6, 6.07) is 0. The molecule has 1 saturated heterocycles. The molecule has 0 spiro atoms. The molecule has 9 heteroatoms. The molecule has 0 amide bonds. The zero-order chi connectivity index (χ0) is 35.8. The molecule has 0 aromatic rings. The summed E-state index contributed by atoms with van der Waals surface area (Å²) in [4.78, 5) is 12.7. The molecule has 1 rings (SSSR count). The normalized spacial score (nSPS) is 21.8. The van der Waals surface area contributed by atoms with Crippen molar-refractivity contribution in [3.8, 4) is 0 Å². The highest BCUT2D eigenvalue weighted by Crippen LogP contribution is 2.22. The minimum atomic E-state index is -1.53. The molecule has 0 aromatic carbocycles. The summed E-state index contributed by atoms with van der Waals surface area (Å²) in [5.74, 6) is -0.315. The second-order valence-electron chi connectivity index (χ2n) is 14.1. The fourth-order valence-electron chi connectivity index (χ4n) is 6.20. The van der Waals surface area contributed by atoms with E-state index in [0.29, 0.717) is 13.0 Å². The summed E-state index contributed by atoms with van der Waals surface area (Å²) >= 11 is 0. The Balaban J connectivity index is 2.29. The number of carbonyl (C=O) groups is 1. The van der Waals surface area contributed by atoms with Gasteiger partial charge in [-0.05, 0) is 32.1 Å². The van der Waals surface area contributed by atoms with Gasteiger partial charge >= 0.3 is 5.97 Å². The van der Waals surface area contributed by atoms with E-state index in [4.69, 9.17) is 18.9 Å². The van der Waals surface area contributed by atoms with Crippen molar-refractivity contribution in [3.63, 3.8) is 0 Å². The molecule has 1 heterocycles. The Bertz CT molecular complexity index is 762. The summed E-state index contributed by atoms with van der Waals surface area (Å²) in [6.07, 6.45) is 26.6. The molecule has 6 unspecified atom stereocenters. The number of rotatable bonds is 34. The van der Waals surface area contributed by atoms with Gasteiger partial charge in [-0.3, -0.25) is 4.79 Å². The van der Waals surface area contributed by atoms with Crippen LogP contribution in [0.5, 0.6) is 0 Å². The highest BCUT2D eigenvalue weighted by atomic mass is 16.7. The lowest BCUT2D eigenvalue weighted by molar-refractivity contribution is -0.305. The number of esters is 1. The smallest absolute Gasteiger partial charge is 0.306 e. The van der Waals surface area contributed by atoms with Crippen molar-refractivity contribution in [2.75, 3.05) is 26.4 Å². The van der Waals surface area contributed by atoms with Gasteiger partial charge in [0.2, 0.25) is 0 Å². The quantitative estimate of drug-likeness (QED) is 0.0299. The first-order valence-corrected chi connectivity index (χ1v) is 20.3. The molecule has 1 aliphatic heterocycles. The number of aliphatic hydroxyl groups is 4. The van der Waals surface area contributed by atoms with E-state index in [2.05, 4.69) is 26.0 Å². The summed E-state index contributed by atoms with van der Waals surface area (Å²) < 4.78 is 22.7. The van der Waals surface area contributed by atoms with Gasteiger partial charge < -0.3 is 39.4 Å². The molecule has 0 aromatic heterocycles. The van der Waals surface area contributed by atoms with Crippen molar-refractivity contribution in [1.29, 1.82) is 0 Å². The zero-order valence-corrected chi connectivity index (χ0v) is 31.5. The van der Waals surface area contributed by atoms with Crippen molar-refractivity contribution in [2.24, 2.45) is 0 Å². The number of aliphatic hydroxyl groups excluding tert-OH is 4. The number of carbonyl (C=O) groups excluding carboxylic acids is 1. The maximum absolute atomic E-state index is 12.7. The van der Waals surface area contributed by atoms with Crippen molar-refractivity contribution in [2.45, 2.75) is 211 Å². The van der Waals surface area contributed by atoms with Crippen LogP contribution in [0.2, 0.25) is 0 Å². The zero-order valence-electron chi connectivity index (χ0n) is 31.5. The summed E-state index contributed by atoms with van der Waals surface area (Å²) in [5, 5.41) is 39.9. The molecule has 0 bridgehead atoms. The Labute approximate surface area is 299 Å². The minimum Gasteiger partial charge on any atom is -0.457 e. The maximum atomic E-state index is 12.7. The van der Waals surface area contributed by atoms with E-state index in [1.807, 2.05) is 0 Å². The van der Waals surface area contributed by atoms with E-state index in [1.54, 1.807) is 0 Å². The van der Waals surface area contributed by atoms with Gasteiger partial charge in [-0.25, -0.2) is 0 Å². The van der Waals surface area contributed by atoms with Crippen molar-refractivity contribution < 1.29 is 44.2 Å². The van der Waals surface area contributed by atoms with Gasteiger partial charge in [-0.2, -0.15) is 0 Å². The summed E-state index contributed by atoms with van der Waals surface area (Å²) in [6.45, 7) is 4.50. The molecule has 0 saturated carbocycles. The average molecular weight is 701 g/mol. The van der Waals surface area contributed by atoms with E-state index < -0.39 is 43.4 Å². The van der Waals surface area contributed by atoms with Crippen LogP contribution in [0.1, 0.15) is 174 Å². The molecule has 6 atom stereocenters. The third-order valence-electron chi connectivity index (χ3n) is 9.41. The largest absolute Gasteiger partial charge is 0.457 e. The van der Waals surface area contributed by atoms with Crippen LogP contribution in [0.4, 0.5) is 0 Å². The van der Waals surface area contributed by atoms with E-state index in [0.717, 1.165) is 38.5 Å². The van der Waals surface area contributed by atoms with Crippen LogP contribution in [-0.4, -0.2) is 89.6 Å². The number of allylic oxidation sites excluding steroid dienone is 2. The third-order valence-corrected chi connectivity index (χ3v) is 9.41. The molecule has 9 nitrogen and oxygen atoms in total. The first-order valence-electron chi connectivity index (χ1n) is 20.3. The molecule has 4 N–H and O–H groups in total. The van der Waals surface area contributed by atoms with Crippen LogP contribution < -0.4 is 0 Å². The number of hydrogen-bond donors (Lipinski definition) is 4. The predicted molar refractivity (Wildman–Crippen MR) is 196 cm³/mol. The Hall–Kier alpha value is -1.07. The fourth-order valence-corrected chi connectivity index (χ4v) is 6.20. The fraction of sp³-hybridized carbons (Fsp3) is 0.925. The predicted octanol–water partition coefficient (Wildman–Crippen LogP) is 8.08. The van der Waals surface area contributed by atoms with Gasteiger partial charge in [0.05, 0.1) is 19.8 Å². The molecule has 1 fully saturated rings. The second-order valence-corrected chi connectivity index (χ2v) is 14.1. The van der Waals surface area contributed by atoms with Gasteiger partial charge in [0.15, 0.2) is 6.29 Å². The van der Waals surface area contributed by atoms with Crippen LogP contribution >= 0.6 is 0 Å². The topological polar surface area (TPSA) is 135 Å². The van der Waals surface area contributed by atoms with Crippen molar-refractivity contribution in [1.82, 2.24) is 0 Å². The van der Waals surface area contributed by atoms with E-state index >= 15 is 0 Å². The molecular weight excluding hydrogens is 624 g/mol. The van der Waals surface area contributed by atoms with E-state index in [1.165, 1.54) is 116 Å². The standard InChI is InChI=1S/C40H76O9/c1-3-5-7-9-11-13-15-16-17-18-19-21-23-25-27-29-36(42)48-34(33-47-40-39(45)38(44)37(43)35(31-41)49-40)32-46-30-28-26-24-22-20-14-12-10-8-6-4-2/h8,10,34-35,37-41,43-45H,3-7,9,11-33H2,1-2H3/b10-8-. The molecule has 49 heavy (non-hydrogen) atoms. The van der Waals surface area contributed by atoms with Gasteiger partial charge in [-0.15, -0.1) is 0 Å².